The number of nitrogens with zero attached hydrogens (tertiary/aromatic N) is 2. The highest BCUT2D eigenvalue weighted by Gasteiger charge is 2.30. The fraction of sp³-hybridized carbons (Fsp3) is 0.500. The second-order valence-electron chi connectivity index (χ2n) is 4.40. The van der Waals surface area contributed by atoms with E-state index >= 15 is 0 Å². The lowest BCUT2D eigenvalue weighted by atomic mass is 10.2. The van der Waals surface area contributed by atoms with Crippen LogP contribution < -0.4 is 16.6 Å². The summed E-state index contributed by atoms with van der Waals surface area (Å²) in [4.78, 5) is 18.1. The van der Waals surface area contributed by atoms with Crippen LogP contribution >= 0.6 is 0 Å². The summed E-state index contributed by atoms with van der Waals surface area (Å²) in [5.41, 5.74) is 3.60. The van der Waals surface area contributed by atoms with E-state index in [0.29, 0.717) is 12.4 Å². The number of likely N-dealkylation sites (tertiary alicyclic amines) is 1. The molecule has 0 bridgehead atoms. The van der Waals surface area contributed by atoms with Crippen molar-refractivity contribution >= 4 is 11.7 Å². The van der Waals surface area contributed by atoms with Gasteiger partial charge in [-0.05, 0) is 25.5 Å². The fourth-order valence-electron chi connectivity index (χ4n) is 2.39. The molecule has 1 amide bonds. The van der Waals surface area contributed by atoms with Crippen molar-refractivity contribution in [1.82, 2.24) is 15.2 Å². The zero-order valence-corrected chi connectivity index (χ0v) is 10.5. The summed E-state index contributed by atoms with van der Waals surface area (Å²) >= 11 is 0. The topological polar surface area (TPSA) is 83.3 Å². The molecule has 0 radical (unpaired) electrons. The highest BCUT2D eigenvalue weighted by molar-refractivity contribution is 5.81. The van der Waals surface area contributed by atoms with Crippen LogP contribution in [-0.4, -0.2) is 35.4 Å². The van der Waals surface area contributed by atoms with Gasteiger partial charge >= 0.3 is 0 Å². The van der Waals surface area contributed by atoms with Crippen LogP contribution in [0.4, 0.5) is 5.82 Å². The number of hydrazine groups is 1. The SMILES string of the molecule is CNC(=O)C1CCCN1Cc1cccnc1NN. The minimum atomic E-state index is -0.0409. The van der Waals surface area contributed by atoms with Crippen LogP contribution in [0, 0.1) is 0 Å². The number of aromatic nitrogens is 1. The molecule has 0 spiro atoms. The van der Waals surface area contributed by atoms with Crippen molar-refractivity contribution < 1.29 is 4.79 Å². The molecule has 1 aliphatic heterocycles. The zero-order valence-electron chi connectivity index (χ0n) is 10.5. The lowest BCUT2D eigenvalue weighted by molar-refractivity contribution is -0.125. The van der Waals surface area contributed by atoms with Gasteiger partial charge in [-0.3, -0.25) is 9.69 Å². The van der Waals surface area contributed by atoms with E-state index in [9.17, 15) is 4.79 Å². The molecule has 1 saturated heterocycles. The van der Waals surface area contributed by atoms with Gasteiger partial charge in [0.1, 0.15) is 5.82 Å². The van der Waals surface area contributed by atoms with Gasteiger partial charge in [0.25, 0.3) is 0 Å². The van der Waals surface area contributed by atoms with Crippen LogP contribution in [0.3, 0.4) is 0 Å². The Morgan fingerprint density at radius 3 is 3.22 bits per heavy atom. The number of pyridine rings is 1. The lowest BCUT2D eigenvalue weighted by Gasteiger charge is -2.23. The maximum atomic E-state index is 11.8. The summed E-state index contributed by atoms with van der Waals surface area (Å²) in [5.74, 6) is 6.18. The molecule has 1 atom stereocenters. The largest absolute Gasteiger partial charge is 0.358 e. The molecule has 2 heterocycles. The molecule has 4 N–H and O–H groups in total. The normalized spacial score (nSPS) is 19.8. The molecule has 1 aromatic rings. The highest BCUT2D eigenvalue weighted by Crippen LogP contribution is 2.22. The molecule has 1 fully saturated rings. The Bertz CT molecular complexity index is 423. The molecule has 1 aromatic heterocycles. The summed E-state index contributed by atoms with van der Waals surface area (Å²) in [6.07, 6.45) is 3.65. The number of nitrogen functional groups attached to an aromatic ring is 1. The summed E-state index contributed by atoms with van der Waals surface area (Å²) < 4.78 is 0. The van der Waals surface area contributed by atoms with Crippen molar-refractivity contribution in [2.24, 2.45) is 5.84 Å². The van der Waals surface area contributed by atoms with Gasteiger partial charge in [-0.15, -0.1) is 0 Å². The first kappa shape index (κ1) is 12.8. The van der Waals surface area contributed by atoms with Crippen molar-refractivity contribution in [3.63, 3.8) is 0 Å². The molecule has 2 rings (SSSR count). The van der Waals surface area contributed by atoms with E-state index in [1.807, 2.05) is 12.1 Å². The van der Waals surface area contributed by atoms with Gasteiger partial charge in [0.05, 0.1) is 6.04 Å². The van der Waals surface area contributed by atoms with E-state index < -0.39 is 0 Å². The van der Waals surface area contributed by atoms with Crippen LogP contribution in [0.5, 0.6) is 0 Å². The number of rotatable bonds is 4. The third kappa shape index (κ3) is 2.60. The minimum Gasteiger partial charge on any atom is -0.358 e. The van der Waals surface area contributed by atoms with Gasteiger partial charge in [0.15, 0.2) is 0 Å². The third-order valence-electron chi connectivity index (χ3n) is 3.31. The molecule has 6 nitrogen and oxygen atoms in total. The summed E-state index contributed by atoms with van der Waals surface area (Å²) in [5, 5.41) is 2.71. The number of nitrogens with two attached hydrogens (primary N) is 1. The van der Waals surface area contributed by atoms with Crippen molar-refractivity contribution in [1.29, 1.82) is 0 Å². The Balaban J connectivity index is 2.10. The molecule has 18 heavy (non-hydrogen) atoms. The maximum absolute atomic E-state index is 11.8. The second kappa shape index (κ2) is 5.79. The predicted octanol–water partition coefficient (Wildman–Crippen LogP) is 0.0776. The number of amides is 1. The van der Waals surface area contributed by atoms with E-state index in [0.717, 1.165) is 24.9 Å². The van der Waals surface area contributed by atoms with Crippen molar-refractivity contribution in [2.75, 3.05) is 19.0 Å². The average Bonchev–Trinajstić information content (AvgIpc) is 2.86. The first-order chi connectivity index (χ1) is 8.76. The first-order valence-corrected chi connectivity index (χ1v) is 6.12. The Hall–Kier alpha value is -1.66. The Labute approximate surface area is 107 Å². The molecule has 0 aliphatic carbocycles. The van der Waals surface area contributed by atoms with Crippen molar-refractivity contribution in [2.45, 2.75) is 25.4 Å². The number of hydrogen-bond donors (Lipinski definition) is 3. The second-order valence-corrected chi connectivity index (χ2v) is 4.40. The number of nitrogens with one attached hydrogen (secondary N) is 2. The Morgan fingerprint density at radius 1 is 1.67 bits per heavy atom. The van der Waals surface area contributed by atoms with Gasteiger partial charge < -0.3 is 10.7 Å². The standard InChI is InChI=1S/C12H19N5O/c1-14-12(18)10-5-3-7-17(10)8-9-4-2-6-15-11(9)16-13/h2,4,6,10H,3,5,7-8,13H2,1H3,(H,14,18)(H,15,16). The van der Waals surface area contributed by atoms with E-state index in [-0.39, 0.29) is 11.9 Å². The molecule has 0 saturated carbocycles. The van der Waals surface area contributed by atoms with E-state index in [2.05, 4.69) is 20.6 Å². The van der Waals surface area contributed by atoms with Crippen molar-refractivity contribution in [3.05, 3.63) is 23.9 Å². The van der Waals surface area contributed by atoms with Gasteiger partial charge in [-0.25, -0.2) is 10.8 Å². The first-order valence-electron chi connectivity index (χ1n) is 6.12. The number of anilines is 1. The lowest BCUT2D eigenvalue weighted by Crippen LogP contribution is -2.41. The van der Waals surface area contributed by atoms with Gasteiger partial charge in [-0.1, -0.05) is 6.07 Å². The van der Waals surface area contributed by atoms with Crippen LogP contribution in [0.1, 0.15) is 18.4 Å². The van der Waals surface area contributed by atoms with E-state index in [4.69, 9.17) is 5.84 Å². The van der Waals surface area contributed by atoms with Crippen molar-refractivity contribution in [3.8, 4) is 0 Å². The van der Waals surface area contributed by atoms with Gasteiger partial charge in [0, 0.05) is 25.4 Å². The van der Waals surface area contributed by atoms with E-state index in [1.54, 1.807) is 13.2 Å². The van der Waals surface area contributed by atoms with Gasteiger partial charge in [-0.2, -0.15) is 0 Å². The highest BCUT2D eigenvalue weighted by atomic mass is 16.2. The molecule has 0 aromatic carbocycles. The van der Waals surface area contributed by atoms with Crippen LogP contribution in [0.2, 0.25) is 0 Å². The van der Waals surface area contributed by atoms with Crippen LogP contribution in [0.15, 0.2) is 18.3 Å². The smallest absolute Gasteiger partial charge is 0.237 e. The number of carbonyl (C=O) groups is 1. The molecule has 1 aliphatic rings. The molecule has 6 heteroatoms. The average molecular weight is 249 g/mol. The minimum absolute atomic E-state index is 0.0409. The zero-order chi connectivity index (χ0) is 13.0. The fourth-order valence-corrected chi connectivity index (χ4v) is 2.39. The quantitative estimate of drug-likeness (QED) is 0.520. The number of likely N-dealkylation sites (N-methyl/N-ethyl adjacent to an activating group) is 1. The van der Waals surface area contributed by atoms with Gasteiger partial charge in [0.2, 0.25) is 5.91 Å². The maximum Gasteiger partial charge on any atom is 0.237 e. The summed E-state index contributed by atoms with van der Waals surface area (Å²) in [7, 11) is 1.68. The van der Waals surface area contributed by atoms with Crippen LogP contribution in [0.25, 0.3) is 0 Å². The Kier molecular flexibility index (Phi) is 4.11. The monoisotopic (exact) mass is 249 g/mol. The number of carbonyl (C=O) groups excluding carboxylic acids is 1. The molecular formula is C12H19N5O. The summed E-state index contributed by atoms with van der Waals surface area (Å²) in [6.45, 7) is 1.61. The third-order valence-corrected chi connectivity index (χ3v) is 3.31. The molecule has 98 valence electrons. The molecular weight excluding hydrogens is 230 g/mol. The van der Waals surface area contributed by atoms with E-state index in [1.165, 1.54) is 0 Å². The Morgan fingerprint density at radius 2 is 2.50 bits per heavy atom. The van der Waals surface area contributed by atoms with Crippen LogP contribution in [-0.2, 0) is 11.3 Å². The molecule has 1 unspecified atom stereocenters. The summed E-state index contributed by atoms with van der Waals surface area (Å²) in [6, 6.07) is 3.81. The number of hydrogen-bond acceptors (Lipinski definition) is 5. The predicted molar refractivity (Wildman–Crippen MR) is 69.5 cm³/mol.